The molecule has 0 spiro atoms. The Morgan fingerprint density at radius 2 is 1.56 bits per heavy atom. The molecule has 16 heavy (non-hydrogen) atoms. The van der Waals surface area contributed by atoms with Crippen LogP contribution in [0.5, 0.6) is 0 Å². The third-order valence-corrected chi connectivity index (χ3v) is 2.30. The Hall–Kier alpha value is -1.84. The molecule has 0 bridgehead atoms. The summed E-state index contributed by atoms with van der Waals surface area (Å²) in [6, 6.07) is 3.63. The number of anilines is 2. The summed E-state index contributed by atoms with van der Waals surface area (Å²) in [5.74, 6) is -0.250. The molecule has 1 rings (SSSR count). The molecule has 4 heteroatoms. The second-order valence-electron chi connectivity index (χ2n) is 3.83. The van der Waals surface area contributed by atoms with E-state index in [4.69, 9.17) is 0 Å². The number of rotatable bonds is 2. The van der Waals surface area contributed by atoms with E-state index in [0.717, 1.165) is 16.8 Å². The van der Waals surface area contributed by atoms with Crippen LogP contribution < -0.4 is 10.6 Å². The Morgan fingerprint density at radius 1 is 1.00 bits per heavy atom. The highest BCUT2D eigenvalue weighted by Crippen LogP contribution is 2.24. The van der Waals surface area contributed by atoms with E-state index >= 15 is 0 Å². The predicted molar refractivity (Wildman–Crippen MR) is 64.5 cm³/mol. The molecule has 0 atom stereocenters. The van der Waals surface area contributed by atoms with E-state index in [1.807, 2.05) is 19.9 Å². The molecule has 0 aliphatic rings. The fourth-order valence-corrected chi connectivity index (χ4v) is 1.45. The molecule has 0 radical (unpaired) electrons. The first-order chi connectivity index (χ1) is 7.40. The molecule has 2 N–H and O–H groups in total. The average Bonchev–Trinajstić information content (AvgIpc) is 2.11. The van der Waals surface area contributed by atoms with E-state index in [1.54, 1.807) is 6.07 Å². The van der Waals surface area contributed by atoms with Gasteiger partial charge in [0.05, 0.1) is 0 Å². The van der Waals surface area contributed by atoms with E-state index in [-0.39, 0.29) is 11.8 Å². The van der Waals surface area contributed by atoms with Crippen molar-refractivity contribution in [2.45, 2.75) is 27.7 Å². The zero-order valence-electron chi connectivity index (χ0n) is 9.97. The number of amides is 2. The minimum Gasteiger partial charge on any atom is -0.326 e. The van der Waals surface area contributed by atoms with Crippen molar-refractivity contribution in [1.29, 1.82) is 0 Å². The van der Waals surface area contributed by atoms with Gasteiger partial charge in [-0.2, -0.15) is 0 Å². The molecule has 4 nitrogen and oxygen atoms in total. The van der Waals surface area contributed by atoms with E-state index < -0.39 is 0 Å². The number of benzene rings is 1. The van der Waals surface area contributed by atoms with Crippen LogP contribution in [-0.2, 0) is 9.59 Å². The van der Waals surface area contributed by atoms with Gasteiger partial charge in [0.1, 0.15) is 0 Å². The number of carbonyl (C=O) groups is 2. The van der Waals surface area contributed by atoms with Crippen LogP contribution in [-0.4, -0.2) is 11.8 Å². The van der Waals surface area contributed by atoms with Crippen LogP contribution in [0.25, 0.3) is 0 Å². The van der Waals surface area contributed by atoms with Gasteiger partial charge in [-0.15, -0.1) is 0 Å². The summed E-state index contributed by atoms with van der Waals surface area (Å²) in [5, 5.41) is 5.43. The molecule has 0 aliphatic heterocycles. The van der Waals surface area contributed by atoms with Crippen LogP contribution in [0, 0.1) is 13.8 Å². The van der Waals surface area contributed by atoms with Gasteiger partial charge in [-0.1, -0.05) is 0 Å². The highest BCUT2D eigenvalue weighted by Gasteiger charge is 2.06. The number of aryl methyl sites for hydroxylation is 1. The Balaban J connectivity index is 3.11. The lowest BCUT2D eigenvalue weighted by atomic mass is 10.1. The summed E-state index contributed by atoms with van der Waals surface area (Å²) in [4.78, 5) is 22.0. The maximum atomic E-state index is 11.0. The molecule has 86 valence electrons. The van der Waals surface area contributed by atoms with Gasteiger partial charge >= 0.3 is 0 Å². The Morgan fingerprint density at radius 3 is 2.06 bits per heavy atom. The summed E-state index contributed by atoms with van der Waals surface area (Å²) in [7, 11) is 0. The first-order valence-electron chi connectivity index (χ1n) is 5.06. The van der Waals surface area contributed by atoms with Gasteiger partial charge < -0.3 is 10.6 Å². The standard InChI is InChI=1S/C12H16N2O2/c1-7-5-11(13-9(3)15)6-12(8(7)2)14-10(4)16/h5-6H,1-4H3,(H,13,15)(H,14,16). The highest BCUT2D eigenvalue weighted by atomic mass is 16.2. The van der Waals surface area contributed by atoms with E-state index in [0.29, 0.717) is 5.69 Å². The van der Waals surface area contributed by atoms with E-state index in [1.165, 1.54) is 13.8 Å². The Bertz CT molecular complexity index is 439. The third kappa shape index (κ3) is 3.08. The van der Waals surface area contributed by atoms with Gasteiger partial charge in [-0.3, -0.25) is 9.59 Å². The van der Waals surface area contributed by atoms with Crippen LogP contribution in [0.1, 0.15) is 25.0 Å². The number of nitrogens with one attached hydrogen (secondary N) is 2. The van der Waals surface area contributed by atoms with E-state index in [9.17, 15) is 9.59 Å². The first-order valence-corrected chi connectivity index (χ1v) is 5.06. The summed E-state index contributed by atoms with van der Waals surface area (Å²) in [5.41, 5.74) is 3.45. The van der Waals surface area contributed by atoms with Crippen molar-refractivity contribution >= 4 is 23.2 Å². The Labute approximate surface area is 95.0 Å². The predicted octanol–water partition coefficient (Wildman–Crippen LogP) is 2.22. The average molecular weight is 220 g/mol. The van der Waals surface area contributed by atoms with Crippen molar-refractivity contribution in [1.82, 2.24) is 0 Å². The molecule has 1 aromatic rings. The van der Waals surface area contributed by atoms with Crippen LogP contribution in [0.15, 0.2) is 12.1 Å². The largest absolute Gasteiger partial charge is 0.326 e. The second kappa shape index (κ2) is 4.79. The van der Waals surface area contributed by atoms with Crippen molar-refractivity contribution in [3.05, 3.63) is 23.3 Å². The molecule has 0 heterocycles. The van der Waals surface area contributed by atoms with Crippen molar-refractivity contribution in [2.24, 2.45) is 0 Å². The number of hydrogen-bond acceptors (Lipinski definition) is 2. The minimum absolute atomic E-state index is 0.123. The molecule has 0 fully saturated rings. The molecule has 2 amide bonds. The Kier molecular flexibility index (Phi) is 3.66. The molecule has 0 saturated heterocycles. The van der Waals surface area contributed by atoms with Crippen LogP contribution in [0.2, 0.25) is 0 Å². The zero-order chi connectivity index (χ0) is 12.3. The molecular formula is C12H16N2O2. The quantitative estimate of drug-likeness (QED) is 0.802. The van der Waals surface area contributed by atoms with Gasteiger partial charge in [0.15, 0.2) is 0 Å². The molecule has 0 aromatic heterocycles. The maximum absolute atomic E-state index is 11.0. The van der Waals surface area contributed by atoms with E-state index in [2.05, 4.69) is 10.6 Å². The summed E-state index contributed by atoms with van der Waals surface area (Å²) in [6.45, 7) is 6.78. The minimum atomic E-state index is -0.128. The van der Waals surface area contributed by atoms with Gasteiger partial charge in [0.25, 0.3) is 0 Å². The monoisotopic (exact) mass is 220 g/mol. The summed E-state index contributed by atoms with van der Waals surface area (Å²) < 4.78 is 0. The summed E-state index contributed by atoms with van der Waals surface area (Å²) in [6.07, 6.45) is 0. The van der Waals surface area contributed by atoms with Crippen molar-refractivity contribution in [3.8, 4) is 0 Å². The normalized spacial score (nSPS) is 9.75. The zero-order valence-corrected chi connectivity index (χ0v) is 9.97. The van der Waals surface area contributed by atoms with Crippen molar-refractivity contribution in [2.75, 3.05) is 10.6 Å². The molecule has 0 saturated carbocycles. The lowest BCUT2D eigenvalue weighted by molar-refractivity contribution is -0.115. The smallest absolute Gasteiger partial charge is 0.221 e. The molecule has 0 aliphatic carbocycles. The van der Waals surface area contributed by atoms with Crippen LogP contribution in [0.4, 0.5) is 11.4 Å². The highest BCUT2D eigenvalue weighted by molar-refractivity contribution is 5.93. The first kappa shape index (κ1) is 12.2. The molecule has 0 unspecified atom stereocenters. The van der Waals surface area contributed by atoms with Crippen molar-refractivity contribution in [3.63, 3.8) is 0 Å². The van der Waals surface area contributed by atoms with Crippen molar-refractivity contribution < 1.29 is 9.59 Å². The number of carbonyl (C=O) groups excluding carboxylic acids is 2. The lowest BCUT2D eigenvalue weighted by Crippen LogP contribution is -2.10. The lowest BCUT2D eigenvalue weighted by Gasteiger charge is -2.12. The van der Waals surface area contributed by atoms with Gasteiger partial charge in [-0.05, 0) is 37.1 Å². The fourth-order valence-electron chi connectivity index (χ4n) is 1.45. The van der Waals surface area contributed by atoms with Gasteiger partial charge in [0, 0.05) is 25.2 Å². The molecular weight excluding hydrogens is 204 g/mol. The topological polar surface area (TPSA) is 58.2 Å². The van der Waals surface area contributed by atoms with Gasteiger partial charge in [0.2, 0.25) is 11.8 Å². The molecule has 1 aromatic carbocycles. The number of hydrogen-bond donors (Lipinski definition) is 2. The third-order valence-electron chi connectivity index (χ3n) is 2.30. The van der Waals surface area contributed by atoms with Crippen LogP contribution >= 0.6 is 0 Å². The van der Waals surface area contributed by atoms with Gasteiger partial charge in [-0.25, -0.2) is 0 Å². The maximum Gasteiger partial charge on any atom is 0.221 e. The SMILES string of the molecule is CC(=O)Nc1cc(C)c(C)c(NC(C)=O)c1. The summed E-state index contributed by atoms with van der Waals surface area (Å²) >= 11 is 0. The fraction of sp³-hybridized carbons (Fsp3) is 0.333. The second-order valence-corrected chi connectivity index (χ2v) is 3.83. The van der Waals surface area contributed by atoms with Crippen LogP contribution in [0.3, 0.4) is 0 Å².